The van der Waals surface area contributed by atoms with Gasteiger partial charge in [-0.25, -0.2) is 9.97 Å². The van der Waals surface area contributed by atoms with Crippen LogP contribution in [0.5, 0.6) is 5.75 Å². The molecule has 0 aliphatic carbocycles. The first-order chi connectivity index (χ1) is 17.2. The number of aromatic nitrogens is 2. The molecule has 1 saturated heterocycles. The molecule has 2 amide bonds. The van der Waals surface area contributed by atoms with Crippen molar-refractivity contribution in [2.75, 3.05) is 23.7 Å². The van der Waals surface area contributed by atoms with Crippen LogP contribution in [0.4, 0.5) is 11.5 Å². The van der Waals surface area contributed by atoms with Gasteiger partial charge < -0.3 is 20.7 Å². The Bertz CT molecular complexity index is 1230. The van der Waals surface area contributed by atoms with Crippen LogP contribution in [-0.2, 0) is 5.41 Å². The van der Waals surface area contributed by atoms with Gasteiger partial charge in [0.2, 0.25) is 0 Å². The van der Waals surface area contributed by atoms with Gasteiger partial charge in [-0.05, 0) is 73.3 Å². The van der Waals surface area contributed by atoms with Crippen LogP contribution in [0.1, 0.15) is 60.0 Å². The number of ether oxygens (including phenoxy) is 1. The lowest BCUT2D eigenvalue weighted by Gasteiger charge is -2.27. The summed E-state index contributed by atoms with van der Waals surface area (Å²) in [7, 11) is 0. The van der Waals surface area contributed by atoms with Gasteiger partial charge in [-0.15, -0.1) is 0 Å². The normalized spacial score (nSPS) is 14.2. The van der Waals surface area contributed by atoms with E-state index in [2.05, 4.69) is 46.7 Å². The Kier molecular flexibility index (Phi) is 7.86. The van der Waals surface area contributed by atoms with Crippen LogP contribution in [0.2, 0.25) is 5.02 Å². The number of carbonyl (C=O) groups excluding carboxylic acids is 2. The van der Waals surface area contributed by atoms with Crippen LogP contribution in [0.25, 0.3) is 0 Å². The number of piperidine rings is 1. The average Bonchev–Trinajstić information content (AvgIpc) is 2.85. The summed E-state index contributed by atoms with van der Waals surface area (Å²) in [6.45, 7) is 8.11. The molecule has 1 aromatic carbocycles. The molecule has 3 aromatic rings. The average molecular weight is 508 g/mol. The third-order valence-electron chi connectivity index (χ3n) is 5.91. The van der Waals surface area contributed by atoms with E-state index < -0.39 is 5.91 Å². The number of pyridine rings is 2. The van der Waals surface area contributed by atoms with Crippen LogP contribution in [-0.4, -0.2) is 41.0 Å². The fourth-order valence-electron chi connectivity index (χ4n) is 3.87. The van der Waals surface area contributed by atoms with Gasteiger partial charge in [0.25, 0.3) is 11.8 Å². The van der Waals surface area contributed by atoms with Gasteiger partial charge in [-0.3, -0.25) is 9.59 Å². The van der Waals surface area contributed by atoms with Crippen molar-refractivity contribution in [3.05, 3.63) is 76.7 Å². The van der Waals surface area contributed by atoms with E-state index in [0.29, 0.717) is 22.2 Å². The maximum absolute atomic E-state index is 13.4. The van der Waals surface area contributed by atoms with Gasteiger partial charge >= 0.3 is 0 Å². The first-order valence-electron chi connectivity index (χ1n) is 11.9. The standard InChI is InChI=1S/C27H30ClN5O3/c1-27(2,3)17-6-8-20(22(15-17)36-19-10-13-29-14-11-19)25(34)32-21-5-4-12-30-24(21)26(35)33-23-9-7-18(28)16-31-23/h4-9,12,15-16,19,29H,10-11,13-14H2,1-3H3,(H,32,34)(H,31,33,35). The third kappa shape index (κ3) is 6.38. The minimum Gasteiger partial charge on any atom is -0.489 e. The third-order valence-corrected chi connectivity index (χ3v) is 6.14. The van der Waals surface area contributed by atoms with Crippen molar-refractivity contribution >= 4 is 34.9 Å². The highest BCUT2D eigenvalue weighted by Gasteiger charge is 2.24. The molecule has 1 aliphatic rings. The van der Waals surface area contributed by atoms with E-state index in [0.717, 1.165) is 31.5 Å². The number of hydrogen-bond acceptors (Lipinski definition) is 6. The molecular weight excluding hydrogens is 478 g/mol. The number of nitrogens with zero attached hydrogens (tertiary/aromatic N) is 2. The monoisotopic (exact) mass is 507 g/mol. The Morgan fingerprint density at radius 3 is 2.50 bits per heavy atom. The summed E-state index contributed by atoms with van der Waals surface area (Å²) in [5, 5.41) is 9.30. The quantitative estimate of drug-likeness (QED) is 0.430. The van der Waals surface area contributed by atoms with Crippen molar-refractivity contribution in [3.63, 3.8) is 0 Å². The number of halogens is 1. The topological polar surface area (TPSA) is 105 Å². The van der Waals surface area contributed by atoms with Crippen LogP contribution in [0.3, 0.4) is 0 Å². The van der Waals surface area contributed by atoms with E-state index in [-0.39, 0.29) is 28.8 Å². The molecule has 4 rings (SSSR count). The predicted octanol–water partition coefficient (Wildman–Crippen LogP) is 5.06. The largest absolute Gasteiger partial charge is 0.489 e. The minimum absolute atomic E-state index is 0.0274. The second-order valence-corrected chi connectivity index (χ2v) is 10.1. The zero-order valence-corrected chi connectivity index (χ0v) is 21.4. The molecule has 0 radical (unpaired) electrons. The van der Waals surface area contributed by atoms with Gasteiger partial charge in [0, 0.05) is 12.4 Å². The van der Waals surface area contributed by atoms with Gasteiger partial charge in [-0.2, -0.15) is 0 Å². The zero-order chi connectivity index (χ0) is 25.7. The van der Waals surface area contributed by atoms with Gasteiger partial charge in [0.1, 0.15) is 17.7 Å². The van der Waals surface area contributed by atoms with E-state index in [1.54, 1.807) is 30.3 Å². The molecule has 1 aliphatic heterocycles. The summed E-state index contributed by atoms with van der Waals surface area (Å²) in [6.07, 6.45) is 4.69. The maximum atomic E-state index is 13.4. The van der Waals surface area contributed by atoms with Crippen LogP contribution in [0, 0.1) is 0 Å². The molecule has 0 spiro atoms. The van der Waals surface area contributed by atoms with Crippen molar-refractivity contribution in [2.24, 2.45) is 0 Å². The van der Waals surface area contributed by atoms with Crippen LogP contribution >= 0.6 is 11.6 Å². The molecular formula is C27H30ClN5O3. The Morgan fingerprint density at radius 2 is 1.81 bits per heavy atom. The number of nitrogens with one attached hydrogen (secondary N) is 3. The van der Waals surface area contributed by atoms with Crippen molar-refractivity contribution in [3.8, 4) is 5.75 Å². The van der Waals surface area contributed by atoms with E-state index in [1.165, 1.54) is 12.4 Å². The summed E-state index contributed by atoms with van der Waals surface area (Å²) in [5.74, 6) is -0.0316. The van der Waals surface area contributed by atoms with E-state index in [1.807, 2.05) is 12.1 Å². The summed E-state index contributed by atoms with van der Waals surface area (Å²) in [6, 6.07) is 12.2. The molecule has 3 heterocycles. The molecule has 0 bridgehead atoms. The smallest absolute Gasteiger partial charge is 0.277 e. The first-order valence-corrected chi connectivity index (χ1v) is 12.3. The van der Waals surface area contributed by atoms with Crippen LogP contribution in [0.15, 0.2) is 54.9 Å². The van der Waals surface area contributed by atoms with E-state index >= 15 is 0 Å². The van der Waals surface area contributed by atoms with Gasteiger partial charge in [-0.1, -0.05) is 38.4 Å². The van der Waals surface area contributed by atoms with Gasteiger partial charge in [0.15, 0.2) is 5.69 Å². The van der Waals surface area contributed by atoms with Crippen LogP contribution < -0.4 is 20.7 Å². The first kappa shape index (κ1) is 25.6. The fraction of sp³-hybridized carbons (Fsp3) is 0.333. The molecule has 3 N–H and O–H groups in total. The minimum atomic E-state index is -0.505. The molecule has 188 valence electrons. The summed E-state index contributed by atoms with van der Waals surface area (Å²) in [5.41, 5.74) is 1.71. The lowest BCUT2D eigenvalue weighted by molar-refractivity contribution is 0.101. The summed E-state index contributed by atoms with van der Waals surface area (Å²) >= 11 is 5.87. The second-order valence-electron chi connectivity index (χ2n) is 9.70. The highest BCUT2D eigenvalue weighted by atomic mass is 35.5. The highest BCUT2D eigenvalue weighted by Crippen LogP contribution is 2.31. The Morgan fingerprint density at radius 1 is 1.03 bits per heavy atom. The predicted molar refractivity (Wildman–Crippen MR) is 141 cm³/mol. The molecule has 2 aromatic heterocycles. The molecule has 0 saturated carbocycles. The maximum Gasteiger partial charge on any atom is 0.277 e. The lowest BCUT2D eigenvalue weighted by atomic mass is 9.86. The fourth-order valence-corrected chi connectivity index (χ4v) is 3.98. The van der Waals surface area contributed by atoms with Crippen molar-refractivity contribution < 1.29 is 14.3 Å². The van der Waals surface area contributed by atoms with Crippen molar-refractivity contribution in [2.45, 2.75) is 45.1 Å². The summed E-state index contributed by atoms with van der Waals surface area (Å²) < 4.78 is 6.33. The summed E-state index contributed by atoms with van der Waals surface area (Å²) in [4.78, 5) is 34.6. The molecule has 9 heteroatoms. The second kappa shape index (κ2) is 11.1. The number of benzene rings is 1. The van der Waals surface area contributed by atoms with Gasteiger partial charge in [0.05, 0.1) is 16.3 Å². The Balaban J connectivity index is 1.58. The lowest BCUT2D eigenvalue weighted by Crippen LogP contribution is -2.34. The molecule has 0 unspecified atom stereocenters. The van der Waals surface area contributed by atoms with Crippen molar-refractivity contribution in [1.29, 1.82) is 0 Å². The number of anilines is 2. The SMILES string of the molecule is CC(C)(C)c1ccc(C(=O)Nc2cccnc2C(=O)Nc2ccc(Cl)cn2)c(OC2CCNCC2)c1. The van der Waals surface area contributed by atoms with Crippen molar-refractivity contribution in [1.82, 2.24) is 15.3 Å². The number of carbonyl (C=O) groups is 2. The molecule has 36 heavy (non-hydrogen) atoms. The Labute approximate surface area is 215 Å². The molecule has 8 nitrogen and oxygen atoms in total. The zero-order valence-electron chi connectivity index (χ0n) is 20.6. The van der Waals surface area contributed by atoms with E-state index in [4.69, 9.17) is 16.3 Å². The number of amides is 2. The number of hydrogen-bond donors (Lipinski definition) is 3. The molecule has 0 atom stereocenters. The highest BCUT2D eigenvalue weighted by molar-refractivity contribution is 6.30. The van der Waals surface area contributed by atoms with E-state index in [9.17, 15) is 9.59 Å². The molecule has 1 fully saturated rings. The Hall–Kier alpha value is -3.49. The number of rotatable bonds is 6.